The highest BCUT2D eigenvalue weighted by Crippen LogP contribution is 2.41. The van der Waals surface area contributed by atoms with Gasteiger partial charge in [-0.3, -0.25) is 0 Å². The molecule has 1 aliphatic carbocycles. The number of hydrogen-bond donors (Lipinski definition) is 1. The van der Waals surface area contributed by atoms with Gasteiger partial charge in [0, 0.05) is 25.9 Å². The van der Waals surface area contributed by atoms with Crippen LogP contribution >= 0.6 is 0 Å². The number of ether oxygens (including phenoxy) is 2. The van der Waals surface area contributed by atoms with Crippen molar-refractivity contribution in [2.75, 3.05) is 19.8 Å². The Morgan fingerprint density at radius 2 is 2.00 bits per heavy atom. The lowest BCUT2D eigenvalue weighted by Crippen LogP contribution is -2.45. The standard InChI is InChI=1S/C15H25NO2/c16-14-3-1-2-12(10-14)13-4-7-18-15(11-13)5-8-17-9-6-15/h10,13-14H,1-9,11,16H2. The summed E-state index contributed by atoms with van der Waals surface area (Å²) < 4.78 is 11.6. The molecule has 2 aliphatic heterocycles. The molecule has 3 aliphatic rings. The van der Waals surface area contributed by atoms with Crippen molar-refractivity contribution < 1.29 is 9.47 Å². The molecule has 3 nitrogen and oxygen atoms in total. The molecule has 3 rings (SSSR count). The number of rotatable bonds is 1. The monoisotopic (exact) mass is 251 g/mol. The highest BCUT2D eigenvalue weighted by atomic mass is 16.5. The van der Waals surface area contributed by atoms with Gasteiger partial charge >= 0.3 is 0 Å². The molecule has 102 valence electrons. The molecule has 0 bridgehead atoms. The maximum atomic E-state index is 6.12. The second kappa shape index (κ2) is 5.32. The number of nitrogens with two attached hydrogens (primary N) is 1. The quantitative estimate of drug-likeness (QED) is 0.728. The van der Waals surface area contributed by atoms with Gasteiger partial charge in [0.25, 0.3) is 0 Å². The first-order valence-corrected chi connectivity index (χ1v) is 7.45. The van der Waals surface area contributed by atoms with Crippen molar-refractivity contribution in [3.05, 3.63) is 11.6 Å². The molecule has 1 spiro atoms. The molecule has 0 saturated carbocycles. The van der Waals surface area contributed by atoms with E-state index >= 15 is 0 Å². The SMILES string of the molecule is NC1C=C(C2CCOC3(CCOCC3)C2)CCC1. The third kappa shape index (κ3) is 2.63. The molecular formula is C15H25NO2. The topological polar surface area (TPSA) is 44.5 Å². The summed E-state index contributed by atoms with van der Waals surface area (Å²) in [5.41, 5.74) is 7.80. The zero-order valence-electron chi connectivity index (χ0n) is 11.2. The maximum absolute atomic E-state index is 6.12. The van der Waals surface area contributed by atoms with Crippen LogP contribution in [0.15, 0.2) is 11.6 Å². The minimum atomic E-state index is 0.115. The third-order valence-corrected chi connectivity index (χ3v) is 4.85. The Morgan fingerprint density at radius 3 is 2.78 bits per heavy atom. The van der Waals surface area contributed by atoms with E-state index in [9.17, 15) is 0 Å². The molecule has 3 heteroatoms. The van der Waals surface area contributed by atoms with Gasteiger partial charge in [-0.1, -0.05) is 11.6 Å². The first-order valence-electron chi connectivity index (χ1n) is 7.45. The Bertz CT molecular complexity index is 315. The van der Waals surface area contributed by atoms with Crippen molar-refractivity contribution in [3.8, 4) is 0 Å². The van der Waals surface area contributed by atoms with Crippen LogP contribution in [0, 0.1) is 5.92 Å². The van der Waals surface area contributed by atoms with Crippen LogP contribution in [0.3, 0.4) is 0 Å². The van der Waals surface area contributed by atoms with Crippen LogP contribution in [0.2, 0.25) is 0 Å². The summed E-state index contributed by atoms with van der Waals surface area (Å²) in [6.45, 7) is 2.65. The molecule has 2 saturated heterocycles. The van der Waals surface area contributed by atoms with E-state index in [-0.39, 0.29) is 5.60 Å². The molecule has 2 N–H and O–H groups in total. The van der Waals surface area contributed by atoms with Crippen LogP contribution in [0.25, 0.3) is 0 Å². The molecular weight excluding hydrogens is 226 g/mol. The summed E-state index contributed by atoms with van der Waals surface area (Å²) in [6, 6.07) is 0.294. The van der Waals surface area contributed by atoms with Gasteiger partial charge in [0.05, 0.1) is 5.60 Å². The fraction of sp³-hybridized carbons (Fsp3) is 0.867. The van der Waals surface area contributed by atoms with Gasteiger partial charge in [0.2, 0.25) is 0 Å². The second-order valence-corrected chi connectivity index (χ2v) is 6.13. The lowest BCUT2D eigenvalue weighted by atomic mass is 9.75. The summed E-state index contributed by atoms with van der Waals surface area (Å²) >= 11 is 0. The van der Waals surface area contributed by atoms with Crippen LogP contribution in [-0.4, -0.2) is 31.5 Å². The minimum Gasteiger partial charge on any atom is -0.381 e. The van der Waals surface area contributed by atoms with E-state index in [1.165, 1.54) is 25.7 Å². The van der Waals surface area contributed by atoms with Crippen molar-refractivity contribution in [1.82, 2.24) is 0 Å². The highest BCUT2D eigenvalue weighted by Gasteiger charge is 2.40. The summed E-state index contributed by atoms with van der Waals surface area (Å²) in [4.78, 5) is 0. The summed E-state index contributed by atoms with van der Waals surface area (Å²) in [7, 11) is 0. The lowest BCUT2D eigenvalue weighted by molar-refractivity contribution is -0.143. The largest absolute Gasteiger partial charge is 0.381 e. The Labute approximate surface area is 110 Å². The van der Waals surface area contributed by atoms with E-state index < -0.39 is 0 Å². The van der Waals surface area contributed by atoms with E-state index in [2.05, 4.69) is 6.08 Å². The molecule has 2 heterocycles. The van der Waals surface area contributed by atoms with Crippen LogP contribution < -0.4 is 5.73 Å². The van der Waals surface area contributed by atoms with E-state index in [0.717, 1.165) is 39.1 Å². The zero-order valence-corrected chi connectivity index (χ0v) is 11.2. The molecule has 0 aromatic carbocycles. The van der Waals surface area contributed by atoms with Crippen molar-refractivity contribution >= 4 is 0 Å². The van der Waals surface area contributed by atoms with E-state index in [1.807, 2.05) is 0 Å². The number of allylic oxidation sites excluding steroid dienone is 1. The predicted molar refractivity (Wildman–Crippen MR) is 71.4 cm³/mol. The van der Waals surface area contributed by atoms with Crippen molar-refractivity contribution in [2.24, 2.45) is 11.7 Å². The smallest absolute Gasteiger partial charge is 0.0732 e. The van der Waals surface area contributed by atoms with Gasteiger partial charge in [0.15, 0.2) is 0 Å². The van der Waals surface area contributed by atoms with Gasteiger partial charge in [-0.05, 0) is 50.9 Å². The highest BCUT2D eigenvalue weighted by molar-refractivity contribution is 5.15. The van der Waals surface area contributed by atoms with Crippen LogP contribution in [0.5, 0.6) is 0 Å². The summed E-state index contributed by atoms with van der Waals surface area (Å²) in [5, 5.41) is 0. The van der Waals surface area contributed by atoms with E-state index in [0.29, 0.717) is 12.0 Å². The van der Waals surface area contributed by atoms with Gasteiger partial charge < -0.3 is 15.2 Å². The van der Waals surface area contributed by atoms with Crippen LogP contribution in [0.4, 0.5) is 0 Å². The molecule has 18 heavy (non-hydrogen) atoms. The summed E-state index contributed by atoms with van der Waals surface area (Å²) in [5.74, 6) is 0.711. The van der Waals surface area contributed by atoms with Crippen molar-refractivity contribution in [2.45, 2.75) is 56.6 Å². The summed E-state index contributed by atoms with van der Waals surface area (Å²) in [6.07, 6.45) is 10.5. The fourth-order valence-corrected chi connectivity index (χ4v) is 3.76. The average Bonchev–Trinajstić information content (AvgIpc) is 2.40. The minimum absolute atomic E-state index is 0.115. The Balaban J connectivity index is 1.69. The third-order valence-electron chi connectivity index (χ3n) is 4.85. The van der Waals surface area contributed by atoms with Gasteiger partial charge in [-0.2, -0.15) is 0 Å². The lowest BCUT2D eigenvalue weighted by Gasteiger charge is -2.44. The van der Waals surface area contributed by atoms with E-state index in [4.69, 9.17) is 15.2 Å². The van der Waals surface area contributed by atoms with Gasteiger partial charge in [-0.15, -0.1) is 0 Å². The molecule has 0 aromatic rings. The first kappa shape index (κ1) is 12.6. The molecule has 0 radical (unpaired) electrons. The van der Waals surface area contributed by atoms with Crippen molar-refractivity contribution in [3.63, 3.8) is 0 Å². The maximum Gasteiger partial charge on any atom is 0.0732 e. The molecule has 2 unspecified atom stereocenters. The first-order chi connectivity index (χ1) is 8.77. The Kier molecular flexibility index (Phi) is 3.73. The average molecular weight is 251 g/mol. The van der Waals surface area contributed by atoms with Crippen LogP contribution in [-0.2, 0) is 9.47 Å². The van der Waals surface area contributed by atoms with Crippen molar-refractivity contribution in [1.29, 1.82) is 0 Å². The Morgan fingerprint density at radius 1 is 1.17 bits per heavy atom. The molecule has 0 amide bonds. The fourth-order valence-electron chi connectivity index (χ4n) is 3.76. The van der Waals surface area contributed by atoms with E-state index in [1.54, 1.807) is 5.57 Å². The molecule has 2 fully saturated rings. The van der Waals surface area contributed by atoms with Gasteiger partial charge in [-0.25, -0.2) is 0 Å². The molecule has 2 atom stereocenters. The molecule has 0 aromatic heterocycles. The second-order valence-electron chi connectivity index (χ2n) is 6.13. The van der Waals surface area contributed by atoms with Crippen LogP contribution in [0.1, 0.15) is 44.9 Å². The predicted octanol–water partition coefficient (Wildman–Crippen LogP) is 2.40. The number of hydrogen-bond acceptors (Lipinski definition) is 3. The zero-order chi connectivity index (χ0) is 12.4. The normalized spacial score (nSPS) is 36.4. The van der Waals surface area contributed by atoms with Gasteiger partial charge in [0.1, 0.15) is 0 Å². The Hall–Kier alpha value is -0.380.